The van der Waals surface area contributed by atoms with Gasteiger partial charge in [0.1, 0.15) is 0 Å². The molecule has 0 radical (unpaired) electrons. The van der Waals surface area contributed by atoms with Gasteiger partial charge < -0.3 is 5.11 Å². The third kappa shape index (κ3) is 2.08. The van der Waals surface area contributed by atoms with E-state index in [2.05, 4.69) is 26.8 Å². The van der Waals surface area contributed by atoms with Gasteiger partial charge in [-0.3, -0.25) is 4.79 Å². The molecule has 2 heteroatoms. The van der Waals surface area contributed by atoms with Crippen molar-refractivity contribution in [3.05, 3.63) is 22.8 Å². The summed E-state index contributed by atoms with van der Waals surface area (Å²) in [6.07, 6.45) is 9.99. The Morgan fingerprint density at radius 1 is 1.12 bits per heavy atom. The number of aliphatic hydroxyl groups excluding tert-OH is 1. The van der Waals surface area contributed by atoms with E-state index in [0.29, 0.717) is 17.6 Å². The van der Waals surface area contributed by atoms with Gasteiger partial charge >= 0.3 is 0 Å². The van der Waals surface area contributed by atoms with Gasteiger partial charge in [0.25, 0.3) is 0 Å². The molecule has 0 aliphatic heterocycles. The molecule has 6 atom stereocenters. The Hall–Kier alpha value is -0.890. The molecule has 2 saturated carbocycles. The number of carbonyl (C=O) groups is 1. The summed E-state index contributed by atoms with van der Waals surface area (Å²) in [4.78, 5) is 12.3. The molecule has 0 heterocycles. The van der Waals surface area contributed by atoms with Gasteiger partial charge in [-0.05, 0) is 93.0 Å². The second kappa shape index (κ2) is 5.30. The third-order valence-corrected chi connectivity index (χ3v) is 8.34. The molecule has 24 heavy (non-hydrogen) atoms. The molecule has 0 amide bonds. The van der Waals surface area contributed by atoms with Crippen LogP contribution in [0.15, 0.2) is 22.8 Å². The monoisotopic (exact) mass is 328 g/mol. The van der Waals surface area contributed by atoms with E-state index in [0.717, 1.165) is 50.0 Å². The van der Waals surface area contributed by atoms with Gasteiger partial charge in [0.15, 0.2) is 5.78 Å². The lowest BCUT2D eigenvalue weighted by molar-refractivity contribution is -0.115. The Morgan fingerprint density at radius 2 is 1.83 bits per heavy atom. The predicted octanol–water partition coefficient (Wildman–Crippen LogP) is 4.83. The van der Waals surface area contributed by atoms with Gasteiger partial charge in [-0.2, -0.15) is 0 Å². The van der Waals surface area contributed by atoms with Crippen molar-refractivity contribution in [3.63, 3.8) is 0 Å². The molecule has 0 aromatic rings. The standard InChI is InChI=1S/C22H32O2/c1-13-11-19-17-6-5-15-12-16(24)7-9-21(15,3)18(17)8-10-22(19,4)20(13)14(2)23/h5,16-19,24H,6-12H2,1-4H3. The molecule has 1 N–H and O–H groups in total. The number of hydrogen-bond acceptors (Lipinski definition) is 2. The molecular weight excluding hydrogens is 296 g/mol. The van der Waals surface area contributed by atoms with E-state index >= 15 is 0 Å². The highest BCUT2D eigenvalue weighted by Gasteiger charge is 2.58. The van der Waals surface area contributed by atoms with Crippen LogP contribution in [-0.2, 0) is 4.79 Å². The topological polar surface area (TPSA) is 37.3 Å². The lowest BCUT2D eigenvalue weighted by Crippen LogP contribution is -2.50. The summed E-state index contributed by atoms with van der Waals surface area (Å²) in [5, 5.41) is 10.1. The summed E-state index contributed by atoms with van der Waals surface area (Å²) < 4.78 is 0. The number of aliphatic hydroxyl groups is 1. The summed E-state index contributed by atoms with van der Waals surface area (Å²) >= 11 is 0. The Kier molecular flexibility index (Phi) is 3.66. The lowest BCUT2D eigenvalue weighted by Gasteiger charge is -2.57. The van der Waals surface area contributed by atoms with Crippen LogP contribution in [-0.4, -0.2) is 17.0 Å². The maximum atomic E-state index is 12.3. The Labute approximate surface area is 146 Å². The molecule has 4 aliphatic rings. The van der Waals surface area contributed by atoms with Gasteiger partial charge in [0.2, 0.25) is 0 Å². The fourth-order valence-corrected chi connectivity index (χ4v) is 7.27. The number of carbonyl (C=O) groups excluding carboxylic acids is 1. The first-order valence-corrected chi connectivity index (χ1v) is 9.86. The van der Waals surface area contributed by atoms with E-state index in [1.54, 1.807) is 6.92 Å². The number of ketones is 1. The number of hydrogen-bond donors (Lipinski definition) is 1. The van der Waals surface area contributed by atoms with Crippen LogP contribution < -0.4 is 0 Å². The summed E-state index contributed by atoms with van der Waals surface area (Å²) in [5.74, 6) is 2.38. The van der Waals surface area contributed by atoms with E-state index in [1.165, 1.54) is 17.6 Å². The smallest absolute Gasteiger partial charge is 0.156 e. The van der Waals surface area contributed by atoms with Gasteiger partial charge in [-0.25, -0.2) is 0 Å². The maximum Gasteiger partial charge on any atom is 0.156 e. The Bertz CT molecular complexity index is 642. The van der Waals surface area contributed by atoms with E-state index < -0.39 is 0 Å². The Balaban J connectivity index is 1.70. The lowest BCUT2D eigenvalue weighted by atomic mass is 9.47. The molecule has 4 aliphatic carbocycles. The summed E-state index contributed by atoms with van der Waals surface area (Å²) in [6, 6.07) is 0. The summed E-state index contributed by atoms with van der Waals surface area (Å²) in [5.41, 5.74) is 4.43. The van der Waals surface area contributed by atoms with Crippen LogP contribution in [0.3, 0.4) is 0 Å². The highest BCUT2D eigenvalue weighted by atomic mass is 16.3. The van der Waals surface area contributed by atoms with E-state index in [-0.39, 0.29) is 16.9 Å². The van der Waals surface area contributed by atoms with Crippen molar-refractivity contribution in [2.45, 2.75) is 78.7 Å². The van der Waals surface area contributed by atoms with Gasteiger partial charge in [-0.1, -0.05) is 31.1 Å². The normalized spacial score (nSPS) is 47.6. The zero-order chi connectivity index (χ0) is 17.3. The highest BCUT2D eigenvalue weighted by molar-refractivity contribution is 5.96. The van der Waals surface area contributed by atoms with E-state index in [4.69, 9.17) is 0 Å². The fraction of sp³-hybridized carbons (Fsp3) is 0.773. The molecular formula is C22H32O2. The molecule has 0 aromatic heterocycles. The van der Waals surface area contributed by atoms with Crippen molar-refractivity contribution >= 4 is 5.78 Å². The van der Waals surface area contributed by atoms with Crippen LogP contribution in [0.5, 0.6) is 0 Å². The van der Waals surface area contributed by atoms with Crippen molar-refractivity contribution < 1.29 is 9.90 Å². The molecule has 0 saturated heterocycles. The minimum Gasteiger partial charge on any atom is -0.393 e. The van der Waals surface area contributed by atoms with Crippen molar-refractivity contribution in [2.24, 2.45) is 28.6 Å². The zero-order valence-electron chi connectivity index (χ0n) is 15.7. The molecule has 4 rings (SSSR count). The van der Waals surface area contributed by atoms with Crippen LogP contribution in [0.2, 0.25) is 0 Å². The predicted molar refractivity (Wildman–Crippen MR) is 96.5 cm³/mol. The van der Waals surface area contributed by atoms with Crippen LogP contribution in [0.4, 0.5) is 0 Å². The largest absolute Gasteiger partial charge is 0.393 e. The minimum absolute atomic E-state index is 0.104. The summed E-state index contributed by atoms with van der Waals surface area (Å²) in [6.45, 7) is 8.79. The second-order valence-electron chi connectivity index (χ2n) is 9.53. The number of Topliss-reactive ketones (excluding diaryl/α,β-unsaturated/α-hetero) is 1. The van der Waals surface area contributed by atoms with Crippen molar-refractivity contribution in [3.8, 4) is 0 Å². The van der Waals surface area contributed by atoms with Crippen LogP contribution in [0, 0.1) is 28.6 Å². The first-order chi connectivity index (χ1) is 11.3. The van der Waals surface area contributed by atoms with Gasteiger partial charge in [-0.15, -0.1) is 0 Å². The first kappa shape index (κ1) is 16.6. The molecule has 2 nitrogen and oxygen atoms in total. The summed E-state index contributed by atoms with van der Waals surface area (Å²) in [7, 11) is 0. The van der Waals surface area contributed by atoms with Crippen LogP contribution >= 0.6 is 0 Å². The minimum atomic E-state index is -0.130. The molecule has 2 fully saturated rings. The number of rotatable bonds is 1. The van der Waals surface area contributed by atoms with E-state index in [1.807, 2.05) is 0 Å². The van der Waals surface area contributed by atoms with Crippen LogP contribution in [0.1, 0.15) is 72.6 Å². The van der Waals surface area contributed by atoms with Crippen LogP contribution in [0.25, 0.3) is 0 Å². The number of allylic oxidation sites excluding steroid dienone is 3. The van der Waals surface area contributed by atoms with E-state index in [9.17, 15) is 9.90 Å². The molecule has 0 bridgehead atoms. The average Bonchev–Trinajstić information content (AvgIpc) is 2.78. The van der Waals surface area contributed by atoms with Gasteiger partial charge in [0, 0.05) is 0 Å². The second-order valence-corrected chi connectivity index (χ2v) is 9.53. The molecule has 132 valence electrons. The Morgan fingerprint density at radius 3 is 2.54 bits per heavy atom. The van der Waals surface area contributed by atoms with Crippen molar-refractivity contribution in [2.75, 3.05) is 0 Å². The quantitative estimate of drug-likeness (QED) is 0.700. The fourth-order valence-electron chi connectivity index (χ4n) is 7.27. The zero-order valence-corrected chi connectivity index (χ0v) is 15.7. The third-order valence-electron chi connectivity index (χ3n) is 8.34. The average molecular weight is 328 g/mol. The molecule has 0 aromatic carbocycles. The van der Waals surface area contributed by atoms with Gasteiger partial charge in [0.05, 0.1) is 6.10 Å². The highest BCUT2D eigenvalue weighted by Crippen LogP contribution is 2.65. The van der Waals surface area contributed by atoms with Crippen molar-refractivity contribution in [1.29, 1.82) is 0 Å². The first-order valence-electron chi connectivity index (χ1n) is 9.86. The molecule has 6 unspecified atom stereocenters. The SMILES string of the molecule is CC(=O)C1=C(C)CC2C3CC=C4CC(O)CCC4(C)C3CCC12C. The maximum absolute atomic E-state index is 12.3. The van der Waals surface area contributed by atoms with Crippen molar-refractivity contribution in [1.82, 2.24) is 0 Å². The molecule has 0 spiro atoms. The number of fused-ring (bicyclic) bond motifs is 5.